The second-order valence-electron chi connectivity index (χ2n) is 7.06. The van der Waals surface area contributed by atoms with Gasteiger partial charge in [-0.2, -0.15) is 0 Å². The fourth-order valence-electron chi connectivity index (χ4n) is 3.62. The highest BCUT2D eigenvalue weighted by Gasteiger charge is 2.15. The van der Waals surface area contributed by atoms with Crippen molar-refractivity contribution in [3.05, 3.63) is 93.0 Å². The lowest BCUT2D eigenvalue weighted by Gasteiger charge is -2.14. The summed E-state index contributed by atoms with van der Waals surface area (Å²) in [5.74, 6) is 1.24. The molecule has 0 aliphatic carbocycles. The van der Waals surface area contributed by atoms with E-state index in [1.54, 1.807) is 38.5 Å². The topological polar surface area (TPSA) is 105 Å². The number of nitrogens with zero attached hydrogens (tertiary/aromatic N) is 2. The summed E-state index contributed by atoms with van der Waals surface area (Å²) >= 11 is 0. The monoisotopic (exact) mass is 430 g/mol. The Bertz CT molecular complexity index is 1230. The Morgan fingerprint density at radius 3 is 1.25 bits per heavy atom. The third kappa shape index (κ3) is 3.81. The second-order valence-corrected chi connectivity index (χ2v) is 7.06. The molecule has 0 amide bonds. The van der Waals surface area contributed by atoms with Crippen molar-refractivity contribution in [1.82, 2.24) is 0 Å². The van der Waals surface area contributed by atoms with Gasteiger partial charge in [0.25, 0.3) is 11.4 Å². The van der Waals surface area contributed by atoms with Crippen molar-refractivity contribution in [2.75, 3.05) is 14.2 Å². The van der Waals surface area contributed by atoms with Crippen LogP contribution in [0.15, 0.2) is 72.8 Å². The number of nitro groups is 2. The quantitative estimate of drug-likeness (QED) is 0.274. The van der Waals surface area contributed by atoms with Crippen LogP contribution in [0.1, 0.15) is 0 Å². The number of benzene rings is 4. The summed E-state index contributed by atoms with van der Waals surface area (Å²) in [7, 11) is 3.14. The zero-order valence-electron chi connectivity index (χ0n) is 17.3. The molecule has 8 nitrogen and oxygen atoms in total. The van der Waals surface area contributed by atoms with Crippen molar-refractivity contribution >= 4 is 22.1 Å². The van der Waals surface area contributed by atoms with Crippen molar-refractivity contribution in [3.8, 4) is 33.8 Å². The number of rotatable bonds is 6. The molecule has 0 radical (unpaired) electrons. The average Bonchev–Trinajstić information content (AvgIpc) is 2.82. The van der Waals surface area contributed by atoms with Gasteiger partial charge in [-0.15, -0.1) is 0 Å². The van der Waals surface area contributed by atoms with Gasteiger partial charge in [0.15, 0.2) is 0 Å². The molecule has 4 aromatic carbocycles. The lowest BCUT2D eigenvalue weighted by atomic mass is 9.96. The number of methoxy groups -OCH3 is 2. The van der Waals surface area contributed by atoms with E-state index in [2.05, 4.69) is 0 Å². The summed E-state index contributed by atoms with van der Waals surface area (Å²) in [5, 5.41) is 23.7. The van der Waals surface area contributed by atoms with Crippen molar-refractivity contribution in [3.63, 3.8) is 0 Å². The van der Waals surface area contributed by atoms with Gasteiger partial charge in [-0.05, 0) is 70.4 Å². The predicted molar refractivity (Wildman–Crippen MR) is 121 cm³/mol. The molecule has 4 rings (SSSR count). The maximum absolute atomic E-state index is 11.0. The summed E-state index contributed by atoms with van der Waals surface area (Å²) < 4.78 is 11.1. The lowest BCUT2D eigenvalue weighted by molar-refractivity contribution is -0.385. The molecule has 160 valence electrons. The standard InChI is InChI=1S/C24H18N2O6/c1-31-23-13-18-14-24(32-2)22(16-5-9-20(10-6-16)26(29)30)12-17(18)11-21(23)15-3-7-19(8-4-15)25(27)28/h3-14H,1-2H3. The van der Waals surface area contributed by atoms with Gasteiger partial charge >= 0.3 is 0 Å². The molecule has 0 saturated heterocycles. The van der Waals surface area contributed by atoms with Crippen LogP contribution in [-0.2, 0) is 0 Å². The smallest absolute Gasteiger partial charge is 0.269 e. The minimum atomic E-state index is -0.440. The molecule has 8 heteroatoms. The van der Waals surface area contributed by atoms with Gasteiger partial charge in [-0.1, -0.05) is 0 Å². The van der Waals surface area contributed by atoms with Crippen LogP contribution in [0.4, 0.5) is 11.4 Å². The summed E-state index contributed by atoms with van der Waals surface area (Å²) in [6, 6.07) is 20.2. The zero-order valence-corrected chi connectivity index (χ0v) is 17.3. The molecule has 0 bridgehead atoms. The van der Waals surface area contributed by atoms with E-state index >= 15 is 0 Å². The maximum Gasteiger partial charge on any atom is 0.269 e. The summed E-state index contributed by atoms with van der Waals surface area (Å²) in [6.45, 7) is 0. The van der Waals surface area contributed by atoms with Crippen molar-refractivity contribution in [2.45, 2.75) is 0 Å². The fraction of sp³-hybridized carbons (Fsp3) is 0.0833. The largest absolute Gasteiger partial charge is 0.496 e. The summed E-state index contributed by atoms with van der Waals surface area (Å²) in [6.07, 6.45) is 0. The van der Waals surface area contributed by atoms with E-state index in [9.17, 15) is 20.2 Å². The van der Waals surface area contributed by atoms with E-state index in [1.807, 2.05) is 24.3 Å². The van der Waals surface area contributed by atoms with E-state index in [0.717, 1.165) is 33.0 Å². The van der Waals surface area contributed by atoms with Crippen molar-refractivity contribution < 1.29 is 19.3 Å². The molecular weight excluding hydrogens is 412 g/mol. The Hall–Kier alpha value is -4.46. The van der Waals surface area contributed by atoms with Gasteiger partial charge in [-0.3, -0.25) is 20.2 Å². The Morgan fingerprint density at radius 2 is 0.938 bits per heavy atom. The van der Waals surface area contributed by atoms with Gasteiger partial charge < -0.3 is 9.47 Å². The highest BCUT2D eigenvalue weighted by atomic mass is 16.6. The molecule has 0 aliphatic rings. The fourth-order valence-corrected chi connectivity index (χ4v) is 3.62. The van der Waals surface area contributed by atoms with Crippen LogP contribution in [0.2, 0.25) is 0 Å². The summed E-state index contributed by atoms with van der Waals surface area (Å²) in [5.41, 5.74) is 3.16. The van der Waals surface area contributed by atoms with Gasteiger partial charge in [0.05, 0.1) is 24.1 Å². The van der Waals surface area contributed by atoms with E-state index in [0.29, 0.717) is 11.5 Å². The Morgan fingerprint density at radius 1 is 0.594 bits per heavy atom. The number of nitro benzene ring substituents is 2. The first-order valence-electron chi connectivity index (χ1n) is 9.60. The van der Waals surface area contributed by atoms with E-state index < -0.39 is 9.85 Å². The van der Waals surface area contributed by atoms with Crippen LogP contribution in [-0.4, -0.2) is 24.1 Å². The molecule has 0 heterocycles. The SMILES string of the molecule is COc1cc2cc(OC)c(-c3ccc([N+](=O)[O-])cc3)cc2cc1-c1ccc([N+](=O)[O-])cc1. The molecule has 0 atom stereocenters. The molecule has 4 aromatic rings. The van der Waals surface area contributed by atoms with Gasteiger partial charge in [0.2, 0.25) is 0 Å². The number of hydrogen-bond acceptors (Lipinski definition) is 6. The van der Waals surface area contributed by atoms with Crippen molar-refractivity contribution in [2.24, 2.45) is 0 Å². The maximum atomic E-state index is 11.0. The Labute approximate surface area is 182 Å². The minimum absolute atomic E-state index is 0.0127. The highest BCUT2D eigenvalue weighted by Crippen LogP contribution is 2.40. The molecule has 32 heavy (non-hydrogen) atoms. The molecule has 0 fully saturated rings. The normalized spacial score (nSPS) is 10.7. The number of fused-ring (bicyclic) bond motifs is 1. The first-order valence-corrected chi connectivity index (χ1v) is 9.60. The molecule has 0 saturated carbocycles. The molecular formula is C24H18N2O6. The van der Waals surface area contributed by atoms with Crippen LogP contribution in [0.3, 0.4) is 0 Å². The number of hydrogen-bond donors (Lipinski definition) is 0. The number of non-ortho nitro benzene ring substituents is 2. The van der Waals surface area contributed by atoms with E-state index in [1.165, 1.54) is 24.3 Å². The van der Waals surface area contributed by atoms with Gasteiger partial charge in [-0.25, -0.2) is 0 Å². The van der Waals surface area contributed by atoms with E-state index in [4.69, 9.17) is 9.47 Å². The first-order chi connectivity index (χ1) is 15.4. The van der Waals surface area contributed by atoms with Crippen LogP contribution >= 0.6 is 0 Å². The van der Waals surface area contributed by atoms with Gasteiger partial charge in [0, 0.05) is 35.4 Å². The minimum Gasteiger partial charge on any atom is -0.496 e. The second kappa shape index (κ2) is 8.35. The average molecular weight is 430 g/mol. The number of ether oxygens (including phenoxy) is 2. The molecule has 0 aromatic heterocycles. The van der Waals surface area contributed by atoms with Crippen LogP contribution in [0.5, 0.6) is 11.5 Å². The Kier molecular flexibility index (Phi) is 5.43. The molecule has 0 N–H and O–H groups in total. The summed E-state index contributed by atoms with van der Waals surface area (Å²) in [4.78, 5) is 21.1. The third-order valence-corrected chi connectivity index (χ3v) is 5.26. The van der Waals surface area contributed by atoms with E-state index in [-0.39, 0.29) is 11.4 Å². The molecule has 0 unspecified atom stereocenters. The lowest BCUT2D eigenvalue weighted by Crippen LogP contribution is -1.93. The first kappa shape index (κ1) is 20.8. The molecule has 0 spiro atoms. The van der Waals surface area contributed by atoms with Crippen molar-refractivity contribution in [1.29, 1.82) is 0 Å². The third-order valence-electron chi connectivity index (χ3n) is 5.26. The van der Waals surface area contributed by atoms with Crippen LogP contribution in [0, 0.1) is 20.2 Å². The highest BCUT2D eigenvalue weighted by molar-refractivity contribution is 5.95. The van der Waals surface area contributed by atoms with Crippen LogP contribution in [0.25, 0.3) is 33.0 Å². The zero-order chi connectivity index (χ0) is 22.8. The molecule has 0 aliphatic heterocycles. The Balaban J connectivity index is 1.87. The van der Waals surface area contributed by atoms with Crippen LogP contribution < -0.4 is 9.47 Å². The van der Waals surface area contributed by atoms with Gasteiger partial charge in [0.1, 0.15) is 11.5 Å². The predicted octanol–water partition coefficient (Wildman–Crippen LogP) is 6.01.